The van der Waals surface area contributed by atoms with Gasteiger partial charge >= 0.3 is 0 Å². The molecule has 0 saturated carbocycles. The van der Waals surface area contributed by atoms with Gasteiger partial charge in [0.15, 0.2) is 10.8 Å². The molecule has 1 N–H and O–H groups in total. The summed E-state index contributed by atoms with van der Waals surface area (Å²) in [5.74, 6) is 2.43. The maximum atomic E-state index is 5.98. The van der Waals surface area contributed by atoms with Gasteiger partial charge in [-0.25, -0.2) is 4.98 Å². The highest BCUT2D eigenvalue weighted by Crippen LogP contribution is 2.31. The van der Waals surface area contributed by atoms with Gasteiger partial charge in [-0.2, -0.15) is 9.97 Å². The lowest BCUT2D eigenvalue weighted by molar-refractivity contribution is -0.00570. The van der Waals surface area contributed by atoms with E-state index in [-0.39, 0.29) is 12.2 Å². The number of aromatic nitrogens is 3. The van der Waals surface area contributed by atoms with Crippen LogP contribution >= 0.6 is 12.2 Å². The zero-order valence-corrected chi connectivity index (χ0v) is 25.7. The number of methoxy groups -OCH3 is 1. The summed E-state index contributed by atoms with van der Waals surface area (Å²) in [4.78, 5) is 22.0. The highest BCUT2D eigenvalue weighted by Gasteiger charge is 2.27. The van der Waals surface area contributed by atoms with Crippen molar-refractivity contribution in [2.45, 2.75) is 51.9 Å². The maximum absolute atomic E-state index is 5.98. The molecule has 3 saturated heterocycles. The van der Waals surface area contributed by atoms with Gasteiger partial charge < -0.3 is 34.2 Å². The molecule has 3 aliphatic rings. The van der Waals surface area contributed by atoms with E-state index in [0.717, 1.165) is 78.2 Å². The number of likely N-dealkylation sites (tertiary alicyclic amines) is 1. The summed E-state index contributed by atoms with van der Waals surface area (Å²) in [6.07, 6.45) is 3.87. The fourth-order valence-corrected chi connectivity index (χ4v) is 6.35. The minimum Gasteiger partial charge on any atom is -0.496 e. The molecule has 0 aliphatic carbocycles. The largest absolute Gasteiger partial charge is 0.496 e. The van der Waals surface area contributed by atoms with Crippen molar-refractivity contribution < 1.29 is 14.2 Å². The third kappa shape index (κ3) is 6.38. The van der Waals surface area contributed by atoms with E-state index in [0.29, 0.717) is 31.4 Å². The highest BCUT2D eigenvalue weighted by atomic mass is 32.1. The Kier molecular flexibility index (Phi) is 8.87. The molecular formula is C31H41N7O3S. The Balaban J connectivity index is 1.32. The van der Waals surface area contributed by atoms with Crippen molar-refractivity contribution in [3.8, 4) is 17.0 Å². The number of morpholine rings is 2. The van der Waals surface area contributed by atoms with Crippen molar-refractivity contribution in [1.82, 2.24) is 25.2 Å². The molecule has 3 fully saturated rings. The molecule has 0 bridgehead atoms. The van der Waals surface area contributed by atoms with Gasteiger partial charge in [-0.05, 0) is 75.7 Å². The van der Waals surface area contributed by atoms with Gasteiger partial charge in [0, 0.05) is 56.9 Å². The first-order valence-corrected chi connectivity index (χ1v) is 15.5. The Bertz CT molecular complexity index is 1400. The molecule has 10 nitrogen and oxygen atoms in total. The van der Waals surface area contributed by atoms with Crippen LogP contribution < -0.4 is 19.9 Å². The van der Waals surface area contributed by atoms with Crippen LogP contribution in [0.1, 0.15) is 38.7 Å². The number of piperidine rings is 1. The molecule has 3 aromatic rings. The van der Waals surface area contributed by atoms with Crippen LogP contribution in [0.25, 0.3) is 22.3 Å². The Morgan fingerprint density at radius 2 is 1.71 bits per heavy atom. The van der Waals surface area contributed by atoms with Crippen LogP contribution in [0.5, 0.6) is 5.75 Å². The lowest BCUT2D eigenvalue weighted by atomic mass is 10.1. The van der Waals surface area contributed by atoms with Gasteiger partial charge in [-0.15, -0.1) is 0 Å². The predicted octanol–water partition coefficient (Wildman–Crippen LogP) is 4.01. The highest BCUT2D eigenvalue weighted by molar-refractivity contribution is 7.80. The maximum Gasteiger partial charge on any atom is 0.229 e. The van der Waals surface area contributed by atoms with Crippen molar-refractivity contribution >= 4 is 40.1 Å². The molecule has 5 heterocycles. The summed E-state index contributed by atoms with van der Waals surface area (Å²) < 4.78 is 17.3. The molecule has 0 unspecified atom stereocenters. The summed E-state index contributed by atoms with van der Waals surface area (Å²) in [7, 11) is 1.70. The number of hydrogen-bond acceptors (Lipinski definition) is 9. The molecule has 1 aromatic carbocycles. The van der Waals surface area contributed by atoms with Crippen molar-refractivity contribution in [2.75, 3.05) is 69.4 Å². The minimum absolute atomic E-state index is 0.105. The average molecular weight is 592 g/mol. The molecular weight excluding hydrogens is 550 g/mol. The van der Waals surface area contributed by atoms with Crippen molar-refractivity contribution in [2.24, 2.45) is 0 Å². The number of thiocarbonyl (C=S) groups is 1. The normalized spacial score (nSPS) is 21.5. The number of nitrogens with zero attached hydrogens (tertiary/aromatic N) is 6. The zero-order valence-electron chi connectivity index (χ0n) is 24.8. The van der Waals surface area contributed by atoms with Crippen LogP contribution in [-0.2, 0) is 16.0 Å². The van der Waals surface area contributed by atoms with Gasteiger partial charge in [0.05, 0.1) is 43.6 Å². The number of anilines is 2. The molecule has 2 atom stereocenters. The molecule has 3 aliphatic heterocycles. The third-order valence-corrected chi connectivity index (χ3v) is 8.59. The number of rotatable bonds is 6. The molecule has 11 heteroatoms. The molecule has 6 rings (SSSR count). The summed E-state index contributed by atoms with van der Waals surface area (Å²) in [6, 6.07) is 10.4. The monoisotopic (exact) mass is 591 g/mol. The lowest BCUT2D eigenvalue weighted by Gasteiger charge is -2.36. The second-order valence-electron chi connectivity index (χ2n) is 11.4. The third-order valence-electron chi connectivity index (χ3n) is 8.19. The fraction of sp³-hybridized carbons (Fsp3) is 0.548. The van der Waals surface area contributed by atoms with Crippen LogP contribution in [0, 0.1) is 0 Å². The quantitative estimate of drug-likeness (QED) is 0.422. The van der Waals surface area contributed by atoms with Gasteiger partial charge in [-0.1, -0.05) is 0 Å². The standard InChI is InChI=1S/C31H41N7O3S/c1-21-19-38(20-22(2)41-21)30-34-28-25(29(35-30)36-13-15-40-16-14-36)8-9-26(33-28)23-7-10-27(39-3)24(17-23)18-32-31(42)37-11-5-4-6-12-37/h7-10,17,21-22H,4-6,11-16,18-20H2,1-3H3,(H,32,42)/t21-,22+. The Morgan fingerprint density at radius 1 is 0.952 bits per heavy atom. The number of nitrogens with one attached hydrogen (secondary N) is 1. The Hall–Kier alpha value is -3.28. The first-order valence-electron chi connectivity index (χ1n) is 15.1. The van der Waals surface area contributed by atoms with Crippen molar-refractivity contribution in [3.63, 3.8) is 0 Å². The smallest absolute Gasteiger partial charge is 0.229 e. The second-order valence-corrected chi connectivity index (χ2v) is 11.8. The van der Waals surface area contributed by atoms with Crippen molar-refractivity contribution in [1.29, 1.82) is 0 Å². The van der Waals surface area contributed by atoms with Crippen LogP contribution in [0.2, 0.25) is 0 Å². The van der Waals surface area contributed by atoms with E-state index in [1.807, 2.05) is 6.07 Å². The van der Waals surface area contributed by atoms with E-state index in [4.69, 9.17) is 41.4 Å². The number of benzene rings is 1. The molecule has 0 radical (unpaired) electrons. The number of pyridine rings is 1. The van der Waals surface area contributed by atoms with Gasteiger partial charge in [0.2, 0.25) is 5.95 Å². The molecule has 0 amide bonds. The van der Waals surface area contributed by atoms with Crippen LogP contribution in [-0.4, -0.2) is 96.8 Å². The van der Waals surface area contributed by atoms with E-state index in [1.165, 1.54) is 19.3 Å². The molecule has 0 spiro atoms. The van der Waals surface area contributed by atoms with Gasteiger partial charge in [0.1, 0.15) is 11.6 Å². The number of ether oxygens (including phenoxy) is 3. The van der Waals surface area contributed by atoms with E-state index in [2.05, 4.69) is 58.1 Å². The second kappa shape index (κ2) is 12.9. The summed E-state index contributed by atoms with van der Waals surface area (Å²) in [5.41, 5.74) is 3.57. The SMILES string of the molecule is COc1ccc(-c2ccc3c(N4CCOCC4)nc(N4C[C@@H](C)O[C@@H](C)C4)nc3n2)cc1CNC(=S)N1CCCCC1. The molecule has 42 heavy (non-hydrogen) atoms. The van der Waals surface area contributed by atoms with E-state index in [9.17, 15) is 0 Å². The topological polar surface area (TPSA) is 88.1 Å². The summed E-state index contributed by atoms with van der Waals surface area (Å²) >= 11 is 5.70. The van der Waals surface area contributed by atoms with Crippen LogP contribution in [0.15, 0.2) is 30.3 Å². The first kappa shape index (κ1) is 28.8. The van der Waals surface area contributed by atoms with Crippen LogP contribution in [0.3, 0.4) is 0 Å². The van der Waals surface area contributed by atoms with Gasteiger partial charge in [0.25, 0.3) is 0 Å². The van der Waals surface area contributed by atoms with E-state index >= 15 is 0 Å². The van der Waals surface area contributed by atoms with E-state index in [1.54, 1.807) is 7.11 Å². The number of fused-ring (bicyclic) bond motifs is 1. The van der Waals surface area contributed by atoms with E-state index < -0.39 is 0 Å². The molecule has 224 valence electrons. The van der Waals surface area contributed by atoms with Crippen molar-refractivity contribution in [3.05, 3.63) is 35.9 Å². The van der Waals surface area contributed by atoms with Gasteiger partial charge in [-0.3, -0.25) is 0 Å². The Labute approximate surface area is 253 Å². The Morgan fingerprint density at radius 3 is 2.45 bits per heavy atom. The number of hydrogen-bond donors (Lipinski definition) is 1. The molecule has 2 aromatic heterocycles. The average Bonchev–Trinajstić information content (AvgIpc) is 3.03. The lowest BCUT2D eigenvalue weighted by Crippen LogP contribution is -2.46. The zero-order chi connectivity index (χ0) is 29.1. The fourth-order valence-electron chi connectivity index (χ4n) is 6.10. The van der Waals surface area contributed by atoms with Crippen LogP contribution in [0.4, 0.5) is 11.8 Å². The predicted molar refractivity (Wildman–Crippen MR) is 169 cm³/mol. The summed E-state index contributed by atoms with van der Waals surface area (Å²) in [5, 5.41) is 5.20. The minimum atomic E-state index is 0.105. The first-order chi connectivity index (χ1) is 20.5. The summed E-state index contributed by atoms with van der Waals surface area (Å²) in [6.45, 7) is 11.2.